The molecule has 1 aromatic carbocycles. The lowest BCUT2D eigenvalue weighted by Crippen LogP contribution is -2.40. The molecule has 2 rings (SSSR count). The van der Waals surface area contributed by atoms with Crippen molar-refractivity contribution in [2.75, 3.05) is 32.8 Å². The third-order valence-corrected chi connectivity index (χ3v) is 5.62. The molecular formula is C14H21ClN2O3S. The number of morpholine rings is 1. The van der Waals surface area contributed by atoms with Gasteiger partial charge in [0.25, 0.3) is 0 Å². The Morgan fingerprint density at radius 1 is 1.33 bits per heavy atom. The Morgan fingerprint density at radius 2 is 2.05 bits per heavy atom. The summed E-state index contributed by atoms with van der Waals surface area (Å²) in [6.07, 6.45) is 1.04. The van der Waals surface area contributed by atoms with Gasteiger partial charge in [-0.05, 0) is 30.7 Å². The number of benzene rings is 1. The highest BCUT2D eigenvalue weighted by Crippen LogP contribution is 2.23. The molecule has 0 aliphatic carbocycles. The zero-order valence-corrected chi connectivity index (χ0v) is 13.7. The number of hydrogen-bond donors (Lipinski definition) is 1. The van der Waals surface area contributed by atoms with Gasteiger partial charge in [-0.1, -0.05) is 24.6 Å². The minimum Gasteiger partial charge on any atom is -0.379 e. The van der Waals surface area contributed by atoms with Crippen molar-refractivity contribution in [1.29, 1.82) is 0 Å². The molecule has 1 aliphatic heterocycles. The Kier molecular flexibility index (Phi) is 6.01. The van der Waals surface area contributed by atoms with Gasteiger partial charge in [-0.15, -0.1) is 0 Å². The average Bonchev–Trinajstić information content (AvgIpc) is 2.50. The minimum atomic E-state index is -3.48. The van der Waals surface area contributed by atoms with Crippen LogP contribution in [0.5, 0.6) is 0 Å². The first kappa shape index (κ1) is 16.7. The summed E-state index contributed by atoms with van der Waals surface area (Å²) in [6.45, 7) is 5.29. The zero-order chi connectivity index (χ0) is 15.3. The Hall–Kier alpha value is -0.660. The van der Waals surface area contributed by atoms with Crippen molar-refractivity contribution < 1.29 is 13.2 Å². The topological polar surface area (TPSA) is 58.6 Å². The summed E-state index contributed by atoms with van der Waals surface area (Å²) in [6, 6.07) is 4.94. The fourth-order valence-corrected chi connectivity index (χ4v) is 3.91. The normalized spacial score (nSPS) is 17.0. The molecule has 0 bridgehead atoms. The van der Waals surface area contributed by atoms with Crippen molar-refractivity contribution in [3.63, 3.8) is 0 Å². The van der Waals surface area contributed by atoms with Gasteiger partial charge in [0.1, 0.15) is 0 Å². The van der Waals surface area contributed by atoms with Crippen molar-refractivity contribution >= 4 is 21.6 Å². The third-order valence-electron chi connectivity index (χ3n) is 3.37. The molecule has 118 valence electrons. The molecule has 5 nitrogen and oxygen atoms in total. The van der Waals surface area contributed by atoms with Crippen LogP contribution in [0.1, 0.15) is 18.9 Å². The SMILES string of the molecule is CCCNCc1ccc(S(=O)(=O)N2CCOCC2)cc1Cl. The van der Waals surface area contributed by atoms with Gasteiger partial charge in [0.2, 0.25) is 10.0 Å². The molecule has 0 unspecified atom stereocenters. The van der Waals surface area contributed by atoms with E-state index in [0.29, 0.717) is 37.9 Å². The summed E-state index contributed by atoms with van der Waals surface area (Å²) in [4.78, 5) is 0.244. The first-order chi connectivity index (χ1) is 10.1. The maximum atomic E-state index is 12.5. The van der Waals surface area contributed by atoms with E-state index in [-0.39, 0.29) is 4.90 Å². The standard InChI is InChI=1S/C14H21ClN2O3S/c1-2-5-16-11-12-3-4-13(10-14(12)15)21(18,19)17-6-8-20-9-7-17/h3-4,10,16H,2,5-9,11H2,1H3. The summed E-state index contributed by atoms with van der Waals surface area (Å²) in [7, 11) is -3.48. The maximum absolute atomic E-state index is 12.5. The molecule has 1 aliphatic rings. The second-order valence-corrected chi connectivity index (χ2v) is 7.29. The summed E-state index contributed by atoms with van der Waals surface area (Å²) in [5.41, 5.74) is 0.908. The summed E-state index contributed by atoms with van der Waals surface area (Å²) in [5.74, 6) is 0. The molecule has 1 aromatic rings. The second kappa shape index (κ2) is 7.56. The van der Waals surface area contributed by atoms with Gasteiger partial charge in [-0.2, -0.15) is 4.31 Å². The van der Waals surface area contributed by atoms with Crippen molar-refractivity contribution in [2.45, 2.75) is 24.8 Å². The van der Waals surface area contributed by atoms with E-state index in [2.05, 4.69) is 12.2 Å². The van der Waals surface area contributed by atoms with Crippen LogP contribution in [-0.2, 0) is 21.3 Å². The van der Waals surface area contributed by atoms with Gasteiger partial charge in [0.15, 0.2) is 0 Å². The number of hydrogen-bond acceptors (Lipinski definition) is 4. The molecule has 0 atom stereocenters. The Labute approximate surface area is 131 Å². The summed E-state index contributed by atoms with van der Waals surface area (Å²) in [5, 5.41) is 3.73. The van der Waals surface area contributed by atoms with E-state index in [1.54, 1.807) is 12.1 Å². The lowest BCUT2D eigenvalue weighted by atomic mass is 10.2. The molecule has 0 amide bonds. The second-order valence-electron chi connectivity index (χ2n) is 4.95. The van der Waals surface area contributed by atoms with Crippen LogP contribution >= 0.6 is 11.6 Å². The molecule has 0 radical (unpaired) electrons. The van der Waals surface area contributed by atoms with Crippen LogP contribution in [0.2, 0.25) is 5.02 Å². The fraction of sp³-hybridized carbons (Fsp3) is 0.571. The van der Waals surface area contributed by atoms with Crippen molar-refractivity contribution in [3.05, 3.63) is 28.8 Å². The highest BCUT2D eigenvalue weighted by Gasteiger charge is 2.26. The quantitative estimate of drug-likeness (QED) is 0.808. The number of nitrogens with zero attached hydrogens (tertiary/aromatic N) is 1. The highest BCUT2D eigenvalue weighted by molar-refractivity contribution is 7.89. The van der Waals surface area contributed by atoms with Crippen molar-refractivity contribution in [3.8, 4) is 0 Å². The van der Waals surface area contributed by atoms with E-state index in [0.717, 1.165) is 18.5 Å². The molecule has 1 heterocycles. The Balaban J connectivity index is 2.14. The molecule has 0 spiro atoms. The Morgan fingerprint density at radius 3 is 2.67 bits per heavy atom. The minimum absolute atomic E-state index is 0.244. The van der Waals surface area contributed by atoms with Crippen LogP contribution in [-0.4, -0.2) is 45.6 Å². The van der Waals surface area contributed by atoms with Crippen molar-refractivity contribution in [1.82, 2.24) is 9.62 Å². The molecule has 7 heteroatoms. The average molecular weight is 333 g/mol. The molecule has 0 saturated carbocycles. The van der Waals surface area contributed by atoms with Gasteiger partial charge >= 0.3 is 0 Å². The van der Waals surface area contributed by atoms with E-state index >= 15 is 0 Å². The zero-order valence-electron chi connectivity index (χ0n) is 12.1. The van der Waals surface area contributed by atoms with E-state index < -0.39 is 10.0 Å². The predicted molar refractivity (Wildman–Crippen MR) is 83.0 cm³/mol. The van der Waals surface area contributed by atoms with Gasteiger partial charge in [0.05, 0.1) is 18.1 Å². The molecular weight excluding hydrogens is 312 g/mol. The molecule has 1 fully saturated rings. The van der Waals surface area contributed by atoms with E-state index in [4.69, 9.17) is 16.3 Å². The van der Waals surface area contributed by atoms with Crippen LogP contribution in [0.4, 0.5) is 0 Å². The molecule has 0 aromatic heterocycles. The largest absolute Gasteiger partial charge is 0.379 e. The van der Waals surface area contributed by atoms with Crippen LogP contribution in [0.25, 0.3) is 0 Å². The molecule has 1 N–H and O–H groups in total. The summed E-state index contributed by atoms with van der Waals surface area (Å²) < 4.78 is 31.6. The summed E-state index contributed by atoms with van der Waals surface area (Å²) >= 11 is 6.21. The maximum Gasteiger partial charge on any atom is 0.243 e. The van der Waals surface area contributed by atoms with E-state index in [1.165, 1.54) is 10.4 Å². The van der Waals surface area contributed by atoms with Gasteiger partial charge in [0, 0.05) is 24.7 Å². The van der Waals surface area contributed by atoms with Crippen LogP contribution in [0, 0.1) is 0 Å². The Bertz CT molecular complexity index is 572. The van der Waals surface area contributed by atoms with Crippen LogP contribution < -0.4 is 5.32 Å². The van der Waals surface area contributed by atoms with Gasteiger partial charge in [-0.25, -0.2) is 8.42 Å². The highest BCUT2D eigenvalue weighted by atomic mass is 35.5. The first-order valence-corrected chi connectivity index (χ1v) is 8.94. The number of halogens is 1. The van der Waals surface area contributed by atoms with E-state index in [1.807, 2.05) is 0 Å². The predicted octanol–water partition coefficient (Wildman–Crippen LogP) is 1.86. The van der Waals surface area contributed by atoms with Gasteiger partial charge in [-0.3, -0.25) is 0 Å². The van der Waals surface area contributed by atoms with Crippen LogP contribution in [0.15, 0.2) is 23.1 Å². The number of sulfonamides is 1. The van der Waals surface area contributed by atoms with Crippen molar-refractivity contribution in [2.24, 2.45) is 0 Å². The number of nitrogens with one attached hydrogen (secondary N) is 1. The third kappa shape index (κ3) is 4.17. The monoisotopic (exact) mass is 332 g/mol. The van der Waals surface area contributed by atoms with Crippen LogP contribution in [0.3, 0.4) is 0 Å². The molecule has 21 heavy (non-hydrogen) atoms. The number of ether oxygens (including phenoxy) is 1. The molecule has 1 saturated heterocycles. The van der Waals surface area contributed by atoms with E-state index in [9.17, 15) is 8.42 Å². The fourth-order valence-electron chi connectivity index (χ4n) is 2.17. The first-order valence-electron chi connectivity index (χ1n) is 7.12. The lowest BCUT2D eigenvalue weighted by molar-refractivity contribution is 0.0730. The van der Waals surface area contributed by atoms with Gasteiger partial charge < -0.3 is 10.1 Å². The lowest BCUT2D eigenvalue weighted by Gasteiger charge is -2.26. The number of rotatable bonds is 6. The smallest absolute Gasteiger partial charge is 0.243 e.